The quantitative estimate of drug-likeness (QED) is 0.606. The van der Waals surface area contributed by atoms with E-state index in [1.807, 2.05) is 6.07 Å². The molecule has 0 radical (unpaired) electrons. The average Bonchev–Trinajstić information content (AvgIpc) is 3.03. The van der Waals surface area contributed by atoms with Crippen LogP contribution >= 0.6 is 0 Å². The Morgan fingerprint density at radius 3 is 2.32 bits per heavy atom. The highest BCUT2D eigenvalue weighted by Gasteiger charge is 2.54. The van der Waals surface area contributed by atoms with Crippen molar-refractivity contribution in [1.82, 2.24) is 0 Å². The lowest BCUT2D eigenvalue weighted by Crippen LogP contribution is -2.43. The molecule has 3 rings (SSSR count). The number of aryl methyl sites for hydroxylation is 1. The van der Waals surface area contributed by atoms with E-state index in [2.05, 4.69) is 6.07 Å². The van der Waals surface area contributed by atoms with Gasteiger partial charge in [0.15, 0.2) is 5.41 Å². The Balaban J connectivity index is 2.05. The number of methoxy groups -OCH3 is 1. The first kappa shape index (κ1) is 17.9. The Morgan fingerprint density at radius 2 is 1.72 bits per heavy atom. The summed E-state index contributed by atoms with van der Waals surface area (Å²) in [6.07, 6.45) is 3.76. The first-order valence-electron chi connectivity index (χ1n) is 9.08. The third-order valence-corrected chi connectivity index (χ3v) is 5.37. The minimum Gasteiger partial charge on any atom is -0.465 e. The summed E-state index contributed by atoms with van der Waals surface area (Å²) in [7, 11) is 1.72. The minimum atomic E-state index is -1.26. The largest absolute Gasteiger partial charge is 0.465 e. The predicted molar refractivity (Wildman–Crippen MR) is 92.2 cm³/mol. The van der Waals surface area contributed by atoms with Crippen molar-refractivity contribution in [1.29, 1.82) is 0 Å². The van der Waals surface area contributed by atoms with E-state index >= 15 is 0 Å². The van der Waals surface area contributed by atoms with E-state index in [1.165, 1.54) is 11.1 Å². The summed E-state index contributed by atoms with van der Waals surface area (Å²) in [6.45, 7) is 3.99. The van der Waals surface area contributed by atoms with Crippen LogP contribution in [-0.4, -0.2) is 32.3 Å². The standard InChI is InChI=1S/C20H26O5/c1-4-24-18(21)20(19(22)25-5-2)11-14-10-9-13-7-6-8-16(23-3)17(13)15(14)12-20/h9-10,16H,4-8,11-12H2,1-3H3. The number of carbonyl (C=O) groups excluding carboxylic acids is 2. The Bertz CT molecular complexity index is 661. The summed E-state index contributed by atoms with van der Waals surface area (Å²) in [5, 5.41) is 0. The minimum absolute atomic E-state index is 0.0268. The summed E-state index contributed by atoms with van der Waals surface area (Å²) in [6, 6.07) is 4.16. The highest BCUT2D eigenvalue weighted by molar-refractivity contribution is 6.01. The van der Waals surface area contributed by atoms with E-state index in [1.54, 1.807) is 21.0 Å². The third kappa shape index (κ3) is 2.95. The lowest BCUT2D eigenvalue weighted by atomic mass is 9.82. The summed E-state index contributed by atoms with van der Waals surface area (Å²) < 4.78 is 16.2. The van der Waals surface area contributed by atoms with Gasteiger partial charge in [0.2, 0.25) is 0 Å². The van der Waals surface area contributed by atoms with Crippen LogP contribution in [-0.2, 0) is 43.1 Å². The summed E-state index contributed by atoms with van der Waals surface area (Å²) in [5.74, 6) is -0.966. The maximum atomic E-state index is 12.7. The molecular weight excluding hydrogens is 320 g/mol. The Kier molecular flexibility index (Phi) is 5.13. The second-order valence-corrected chi connectivity index (χ2v) is 6.77. The molecule has 0 N–H and O–H groups in total. The van der Waals surface area contributed by atoms with Crippen molar-refractivity contribution in [3.8, 4) is 0 Å². The second kappa shape index (κ2) is 7.16. The Labute approximate surface area is 148 Å². The van der Waals surface area contributed by atoms with Gasteiger partial charge in [-0.1, -0.05) is 12.1 Å². The van der Waals surface area contributed by atoms with E-state index < -0.39 is 17.4 Å². The van der Waals surface area contributed by atoms with Crippen molar-refractivity contribution in [3.05, 3.63) is 34.4 Å². The topological polar surface area (TPSA) is 61.8 Å². The molecule has 0 saturated heterocycles. The van der Waals surface area contributed by atoms with E-state index in [9.17, 15) is 9.59 Å². The molecule has 0 fully saturated rings. The number of rotatable bonds is 5. The van der Waals surface area contributed by atoms with Gasteiger partial charge in [-0.2, -0.15) is 0 Å². The second-order valence-electron chi connectivity index (χ2n) is 6.77. The van der Waals surface area contributed by atoms with Gasteiger partial charge >= 0.3 is 11.9 Å². The molecule has 1 aromatic rings. The number of esters is 2. The molecular formula is C20H26O5. The van der Waals surface area contributed by atoms with Gasteiger partial charge in [-0.05, 0) is 61.8 Å². The van der Waals surface area contributed by atoms with Gasteiger partial charge in [0.05, 0.1) is 19.3 Å². The first-order chi connectivity index (χ1) is 12.1. The van der Waals surface area contributed by atoms with Crippen molar-refractivity contribution in [2.45, 2.75) is 52.1 Å². The molecule has 0 bridgehead atoms. The van der Waals surface area contributed by atoms with Gasteiger partial charge in [-0.15, -0.1) is 0 Å². The highest BCUT2D eigenvalue weighted by atomic mass is 16.6. The van der Waals surface area contributed by atoms with Crippen LogP contribution in [0.1, 0.15) is 55.0 Å². The third-order valence-electron chi connectivity index (χ3n) is 5.37. The van der Waals surface area contributed by atoms with Crippen molar-refractivity contribution in [2.24, 2.45) is 5.41 Å². The van der Waals surface area contributed by atoms with Gasteiger partial charge < -0.3 is 14.2 Å². The number of hydrogen-bond acceptors (Lipinski definition) is 5. The molecule has 0 aromatic heterocycles. The Hall–Kier alpha value is -1.88. The molecule has 136 valence electrons. The van der Waals surface area contributed by atoms with Crippen LogP contribution in [0.5, 0.6) is 0 Å². The number of carbonyl (C=O) groups is 2. The molecule has 5 heteroatoms. The predicted octanol–water partition coefficient (Wildman–Crippen LogP) is 2.92. The lowest BCUT2D eigenvalue weighted by Gasteiger charge is -2.28. The van der Waals surface area contributed by atoms with Crippen LogP contribution in [0.15, 0.2) is 12.1 Å². The fourth-order valence-electron chi connectivity index (χ4n) is 4.21. The van der Waals surface area contributed by atoms with Crippen molar-refractivity contribution in [2.75, 3.05) is 20.3 Å². The van der Waals surface area contributed by atoms with Crippen LogP contribution in [0, 0.1) is 5.41 Å². The molecule has 1 atom stereocenters. The Morgan fingerprint density at radius 1 is 1.08 bits per heavy atom. The number of ether oxygens (including phenoxy) is 3. The molecule has 25 heavy (non-hydrogen) atoms. The molecule has 0 amide bonds. The van der Waals surface area contributed by atoms with Gasteiger partial charge in [0, 0.05) is 13.5 Å². The van der Waals surface area contributed by atoms with Crippen molar-refractivity contribution < 1.29 is 23.8 Å². The number of fused-ring (bicyclic) bond motifs is 3. The molecule has 0 aliphatic heterocycles. The first-order valence-corrected chi connectivity index (χ1v) is 9.08. The maximum Gasteiger partial charge on any atom is 0.324 e. The zero-order valence-corrected chi connectivity index (χ0v) is 15.2. The molecule has 1 unspecified atom stereocenters. The van der Waals surface area contributed by atoms with E-state index in [0.29, 0.717) is 12.8 Å². The molecule has 2 aliphatic carbocycles. The van der Waals surface area contributed by atoms with Crippen LogP contribution < -0.4 is 0 Å². The molecule has 0 saturated carbocycles. The average molecular weight is 346 g/mol. The van der Waals surface area contributed by atoms with Crippen LogP contribution in [0.4, 0.5) is 0 Å². The summed E-state index contributed by atoms with van der Waals surface area (Å²) >= 11 is 0. The molecule has 0 heterocycles. The molecule has 1 aromatic carbocycles. The lowest BCUT2D eigenvalue weighted by molar-refractivity contribution is -0.171. The van der Waals surface area contributed by atoms with Crippen molar-refractivity contribution >= 4 is 11.9 Å². The molecule has 2 aliphatic rings. The van der Waals surface area contributed by atoms with Gasteiger partial charge in [0.1, 0.15) is 0 Å². The summed E-state index contributed by atoms with van der Waals surface area (Å²) in [4.78, 5) is 25.4. The van der Waals surface area contributed by atoms with Gasteiger partial charge in [0.25, 0.3) is 0 Å². The maximum absolute atomic E-state index is 12.7. The van der Waals surface area contributed by atoms with E-state index in [-0.39, 0.29) is 19.3 Å². The van der Waals surface area contributed by atoms with E-state index in [0.717, 1.165) is 30.4 Å². The zero-order valence-electron chi connectivity index (χ0n) is 15.2. The van der Waals surface area contributed by atoms with Crippen LogP contribution in [0.2, 0.25) is 0 Å². The molecule has 5 nitrogen and oxygen atoms in total. The van der Waals surface area contributed by atoms with Gasteiger partial charge in [-0.25, -0.2) is 0 Å². The number of benzene rings is 1. The van der Waals surface area contributed by atoms with E-state index in [4.69, 9.17) is 14.2 Å². The highest BCUT2D eigenvalue weighted by Crippen LogP contribution is 2.46. The fraction of sp³-hybridized carbons (Fsp3) is 0.600. The van der Waals surface area contributed by atoms with Gasteiger partial charge in [-0.3, -0.25) is 9.59 Å². The van der Waals surface area contributed by atoms with Crippen molar-refractivity contribution in [3.63, 3.8) is 0 Å². The normalized spacial score (nSPS) is 20.5. The smallest absolute Gasteiger partial charge is 0.324 e. The molecule has 0 spiro atoms. The fourth-order valence-corrected chi connectivity index (χ4v) is 4.21. The monoisotopic (exact) mass is 346 g/mol. The van der Waals surface area contributed by atoms with Crippen LogP contribution in [0.25, 0.3) is 0 Å². The zero-order chi connectivity index (χ0) is 18.0. The summed E-state index contributed by atoms with van der Waals surface area (Å²) in [5.41, 5.74) is 3.27. The number of hydrogen-bond donors (Lipinski definition) is 0. The SMILES string of the molecule is CCOC(=O)C1(C(=O)OCC)Cc2ccc3c(c2C1)C(OC)CCC3. The van der Waals surface area contributed by atoms with Crippen LogP contribution in [0.3, 0.4) is 0 Å².